The van der Waals surface area contributed by atoms with E-state index in [-0.39, 0.29) is 0 Å². The quantitative estimate of drug-likeness (QED) is 0.651. The molecule has 0 fully saturated rings. The second kappa shape index (κ2) is 3.21. The summed E-state index contributed by atoms with van der Waals surface area (Å²) < 4.78 is 5.44. The van der Waals surface area contributed by atoms with Crippen LogP contribution in [0.15, 0.2) is 30.5 Å². The van der Waals surface area contributed by atoms with E-state index in [1.165, 1.54) is 16.6 Å². The molecular weight excluding hydrogens is 188 g/mol. The monoisotopic (exact) mass is 200 g/mol. The Labute approximate surface area is 88.3 Å². The van der Waals surface area contributed by atoms with E-state index in [1.807, 2.05) is 31.4 Å². The Hall–Kier alpha value is -1.61. The number of hydrogen-bond donors (Lipinski definition) is 0. The lowest BCUT2D eigenvalue weighted by Gasteiger charge is -2.28. The molecule has 0 aliphatic carbocycles. The molecule has 76 valence electrons. The van der Waals surface area contributed by atoms with Crippen molar-refractivity contribution in [1.82, 2.24) is 4.98 Å². The highest BCUT2D eigenvalue weighted by molar-refractivity contribution is 5.93. The van der Waals surface area contributed by atoms with Crippen LogP contribution in [-0.4, -0.2) is 18.8 Å². The van der Waals surface area contributed by atoms with Crippen molar-refractivity contribution in [2.45, 2.75) is 6.61 Å². The molecule has 3 heteroatoms. The predicted octanol–water partition coefficient (Wildman–Crippen LogP) is 2.16. The summed E-state index contributed by atoms with van der Waals surface area (Å²) in [5.41, 5.74) is 3.47. The molecule has 1 aliphatic heterocycles. The van der Waals surface area contributed by atoms with Gasteiger partial charge in [0.2, 0.25) is 0 Å². The molecule has 1 aromatic heterocycles. The van der Waals surface area contributed by atoms with Gasteiger partial charge in [0.1, 0.15) is 6.73 Å². The first-order valence-electron chi connectivity index (χ1n) is 5.02. The number of anilines is 1. The smallest absolute Gasteiger partial charge is 0.119 e. The number of para-hydroxylation sites is 1. The first-order chi connectivity index (χ1) is 7.36. The predicted molar refractivity (Wildman–Crippen MR) is 59.8 cm³/mol. The highest BCUT2D eigenvalue weighted by Crippen LogP contribution is 2.31. The maximum atomic E-state index is 5.44. The summed E-state index contributed by atoms with van der Waals surface area (Å²) >= 11 is 0. The van der Waals surface area contributed by atoms with Gasteiger partial charge < -0.3 is 9.64 Å². The number of hydrogen-bond acceptors (Lipinski definition) is 3. The summed E-state index contributed by atoms with van der Waals surface area (Å²) in [5, 5.41) is 1.21. The molecule has 0 amide bonds. The van der Waals surface area contributed by atoms with E-state index in [1.54, 1.807) is 0 Å². The van der Waals surface area contributed by atoms with Gasteiger partial charge >= 0.3 is 0 Å². The average Bonchev–Trinajstić information content (AvgIpc) is 2.29. The van der Waals surface area contributed by atoms with Crippen LogP contribution in [0.1, 0.15) is 5.56 Å². The zero-order valence-electron chi connectivity index (χ0n) is 8.60. The third-order valence-corrected chi connectivity index (χ3v) is 2.75. The fourth-order valence-electron chi connectivity index (χ4n) is 2.08. The van der Waals surface area contributed by atoms with Gasteiger partial charge in [-0.2, -0.15) is 0 Å². The molecule has 1 aliphatic rings. The molecule has 2 aromatic rings. The van der Waals surface area contributed by atoms with Crippen molar-refractivity contribution in [2.24, 2.45) is 0 Å². The largest absolute Gasteiger partial charge is 0.356 e. The van der Waals surface area contributed by atoms with Crippen LogP contribution in [0.4, 0.5) is 5.69 Å². The minimum absolute atomic E-state index is 0.654. The normalized spacial score (nSPS) is 15.4. The summed E-state index contributed by atoms with van der Waals surface area (Å²) in [5.74, 6) is 0. The van der Waals surface area contributed by atoms with E-state index < -0.39 is 0 Å². The van der Waals surface area contributed by atoms with Crippen LogP contribution in [0.5, 0.6) is 0 Å². The van der Waals surface area contributed by atoms with E-state index in [4.69, 9.17) is 4.74 Å². The van der Waals surface area contributed by atoms with Crippen molar-refractivity contribution < 1.29 is 4.74 Å². The van der Waals surface area contributed by atoms with Crippen molar-refractivity contribution in [3.05, 3.63) is 36.0 Å². The Morgan fingerprint density at radius 1 is 1.33 bits per heavy atom. The number of fused-ring (bicyclic) bond motifs is 3. The first-order valence-corrected chi connectivity index (χ1v) is 5.02. The number of rotatable bonds is 0. The molecule has 0 unspecified atom stereocenters. The molecular formula is C12H12N2O. The number of pyridine rings is 1. The van der Waals surface area contributed by atoms with Crippen LogP contribution in [0, 0.1) is 0 Å². The third kappa shape index (κ3) is 1.27. The second-order valence-electron chi connectivity index (χ2n) is 3.82. The summed E-state index contributed by atoms with van der Waals surface area (Å²) in [4.78, 5) is 6.55. The lowest BCUT2D eigenvalue weighted by molar-refractivity contribution is 0.114. The van der Waals surface area contributed by atoms with Crippen LogP contribution < -0.4 is 4.90 Å². The van der Waals surface area contributed by atoms with E-state index in [0.717, 1.165) is 5.52 Å². The van der Waals surface area contributed by atoms with Crippen LogP contribution in [0.25, 0.3) is 10.9 Å². The fraction of sp³-hybridized carbons (Fsp3) is 0.250. The lowest BCUT2D eigenvalue weighted by Crippen LogP contribution is -2.26. The highest BCUT2D eigenvalue weighted by Gasteiger charge is 2.16. The van der Waals surface area contributed by atoms with Gasteiger partial charge in [-0.1, -0.05) is 18.2 Å². The molecule has 1 aromatic carbocycles. The molecule has 0 saturated carbocycles. The molecule has 0 radical (unpaired) electrons. The minimum atomic E-state index is 0.654. The summed E-state index contributed by atoms with van der Waals surface area (Å²) in [7, 11) is 2.05. The Kier molecular flexibility index (Phi) is 1.86. The van der Waals surface area contributed by atoms with Crippen molar-refractivity contribution in [3.8, 4) is 0 Å². The van der Waals surface area contributed by atoms with Gasteiger partial charge in [-0.15, -0.1) is 0 Å². The van der Waals surface area contributed by atoms with E-state index >= 15 is 0 Å². The second-order valence-corrected chi connectivity index (χ2v) is 3.82. The van der Waals surface area contributed by atoms with E-state index in [9.17, 15) is 0 Å². The topological polar surface area (TPSA) is 25.4 Å². The number of aromatic nitrogens is 1. The van der Waals surface area contributed by atoms with Gasteiger partial charge in [0.05, 0.1) is 17.8 Å². The summed E-state index contributed by atoms with van der Waals surface area (Å²) in [6, 6.07) is 8.22. The highest BCUT2D eigenvalue weighted by atomic mass is 16.5. The fourth-order valence-corrected chi connectivity index (χ4v) is 2.08. The first kappa shape index (κ1) is 8.68. The van der Waals surface area contributed by atoms with Gasteiger partial charge in [-0.25, -0.2) is 0 Å². The maximum Gasteiger partial charge on any atom is 0.119 e. The van der Waals surface area contributed by atoms with E-state index in [2.05, 4.69) is 16.0 Å². The van der Waals surface area contributed by atoms with Crippen molar-refractivity contribution >= 4 is 16.6 Å². The van der Waals surface area contributed by atoms with Gasteiger partial charge in [0.25, 0.3) is 0 Å². The van der Waals surface area contributed by atoms with Crippen LogP contribution in [0.3, 0.4) is 0 Å². The molecule has 0 bridgehead atoms. The third-order valence-electron chi connectivity index (χ3n) is 2.75. The van der Waals surface area contributed by atoms with Gasteiger partial charge in [-0.05, 0) is 6.07 Å². The molecule has 0 spiro atoms. The van der Waals surface area contributed by atoms with E-state index in [0.29, 0.717) is 13.3 Å². The molecule has 15 heavy (non-hydrogen) atoms. The average molecular weight is 200 g/mol. The Bertz CT molecular complexity index is 510. The Morgan fingerprint density at radius 2 is 2.20 bits per heavy atom. The molecule has 3 nitrogen and oxygen atoms in total. The molecule has 0 atom stereocenters. The molecule has 3 rings (SSSR count). The van der Waals surface area contributed by atoms with Crippen molar-refractivity contribution in [2.75, 3.05) is 18.7 Å². The Balaban J connectivity index is 2.35. The zero-order valence-corrected chi connectivity index (χ0v) is 8.60. The Morgan fingerprint density at radius 3 is 3.13 bits per heavy atom. The maximum absolute atomic E-state index is 5.44. The van der Waals surface area contributed by atoms with Crippen LogP contribution in [-0.2, 0) is 11.3 Å². The van der Waals surface area contributed by atoms with Gasteiger partial charge in [0.15, 0.2) is 0 Å². The van der Waals surface area contributed by atoms with Gasteiger partial charge in [0, 0.05) is 24.2 Å². The molecule has 2 heterocycles. The summed E-state index contributed by atoms with van der Waals surface area (Å²) in [6.45, 7) is 1.32. The lowest BCUT2D eigenvalue weighted by atomic mass is 10.1. The molecule has 0 saturated heterocycles. The zero-order chi connectivity index (χ0) is 10.3. The number of ether oxygens (including phenoxy) is 1. The van der Waals surface area contributed by atoms with Gasteiger partial charge in [-0.3, -0.25) is 4.98 Å². The van der Waals surface area contributed by atoms with Crippen LogP contribution in [0.2, 0.25) is 0 Å². The minimum Gasteiger partial charge on any atom is -0.356 e. The van der Waals surface area contributed by atoms with Crippen molar-refractivity contribution in [3.63, 3.8) is 0 Å². The number of benzene rings is 1. The standard InChI is InChI=1S/C12H12N2O/c1-14-8-15-7-9-6-13-11-5-3-2-4-10(11)12(9)14/h2-6H,7-8H2,1H3. The van der Waals surface area contributed by atoms with Crippen molar-refractivity contribution in [1.29, 1.82) is 0 Å². The number of nitrogens with zero attached hydrogens (tertiary/aromatic N) is 2. The summed E-state index contributed by atoms with van der Waals surface area (Å²) in [6.07, 6.45) is 1.91. The van der Waals surface area contributed by atoms with Crippen LogP contribution >= 0.6 is 0 Å². The molecule has 0 N–H and O–H groups in total. The SMILES string of the molecule is CN1COCc2cnc3ccccc3c21.